The molecule has 0 saturated carbocycles. The molecule has 0 unspecified atom stereocenters. The topological polar surface area (TPSA) is 330 Å². The molecule has 19 N–H and O–H groups in total. The maximum absolute atomic E-state index is 8.44. The Morgan fingerprint density at radius 3 is 1.07 bits per heavy atom. The summed E-state index contributed by atoms with van der Waals surface area (Å²) < 4.78 is 0. The van der Waals surface area contributed by atoms with Gasteiger partial charge in [0.15, 0.2) is 0 Å². The first-order valence-corrected chi connectivity index (χ1v) is 1.20. The summed E-state index contributed by atoms with van der Waals surface area (Å²) >= 11 is 0. The zero-order valence-electron chi connectivity index (χ0n) is 7.84. The molecule has 0 aromatic carbocycles. The fourth-order valence-corrected chi connectivity index (χ4v) is 0. The van der Waals surface area contributed by atoms with Gasteiger partial charge in [-0.15, -0.1) is 10.1 Å². The van der Waals surface area contributed by atoms with Gasteiger partial charge in [0.1, 0.15) is 0 Å². The van der Waals surface area contributed by atoms with E-state index in [2.05, 4.69) is 0 Å². The molecule has 0 bridgehead atoms. The predicted octanol–water partition coefficient (Wildman–Crippen LogP) is -1.48. The van der Waals surface area contributed by atoms with Gasteiger partial charge in [0.25, 0.3) is 5.09 Å². The molecule has 14 heteroatoms. The van der Waals surface area contributed by atoms with Crippen LogP contribution >= 0.6 is 0 Å². The Morgan fingerprint density at radius 2 is 1.07 bits per heavy atom. The van der Waals surface area contributed by atoms with Crippen molar-refractivity contribution < 1.29 is 47.6 Å². The van der Waals surface area contributed by atoms with Crippen LogP contribution < -0.4 is 35.9 Å². The van der Waals surface area contributed by atoms with Crippen molar-refractivity contribution in [2.24, 2.45) is 0 Å². The van der Waals surface area contributed by atoms with Crippen LogP contribution in [0.2, 0.25) is 0 Å². The van der Waals surface area contributed by atoms with Crippen LogP contribution in [0, 0.1) is 10.1 Å². The minimum absolute atomic E-state index is 0. The van der Waals surface area contributed by atoms with E-state index >= 15 is 0 Å². The number of carbonyl (C=O) groups is 1. The van der Waals surface area contributed by atoms with Crippen LogP contribution in [0.25, 0.3) is 0 Å². The minimum Gasteiger partial charge on any atom is -0.565 e. The second-order valence-corrected chi connectivity index (χ2v) is 0.504. The van der Waals surface area contributed by atoms with Crippen LogP contribution in [0.15, 0.2) is 0 Å². The summed E-state index contributed by atoms with van der Waals surface area (Å²) in [5.74, 6) is 0. The molecule has 0 aromatic heterocycles. The molecule has 0 atom stereocenters. The van der Waals surface area contributed by atoms with Crippen LogP contribution in [0.4, 0.5) is 4.79 Å². The Labute approximate surface area is 95.4 Å². The van der Waals surface area contributed by atoms with Crippen molar-refractivity contribution in [3.63, 3.8) is 0 Å². The van der Waals surface area contributed by atoms with E-state index in [1.54, 1.807) is 0 Å². The predicted molar refractivity (Wildman–Crippen MR) is 45.5 cm³/mol. The largest absolute Gasteiger partial charge is 0.565 e. The average Bonchev–Trinajstić information content (AvgIpc) is 1.25. The van der Waals surface area contributed by atoms with Crippen LogP contribution in [0.3, 0.4) is 0 Å². The van der Waals surface area contributed by atoms with Crippen molar-refractivity contribution in [3.05, 3.63) is 10.1 Å². The maximum Gasteiger partial charge on any atom is 0.291 e. The van der Waals surface area contributed by atoms with Crippen molar-refractivity contribution in [1.29, 1.82) is 0 Å². The van der Waals surface area contributed by atoms with Crippen molar-refractivity contribution in [1.82, 2.24) is 30.8 Å². The van der Waals surface area contributed by atoms with Gasteiger partial charge in [-0.2, -0.15) is 0 Å². The Balaban J connectivity index is -0.00000000468. The normalized spacial score (nSPS) is 3.20. The van der Waals surface area contributed by atoms with E-state index in [1.165, 1.54) is 0 Å². The van der Waals surface area contributed by atoms with E-state index in [-0.39, 0.29) is 53.0 Å². The van der Waals surface area contributed by atoms with Gasteiger partial charge in [0.05, 0.1) is 0 Å². The molecule has 0 saturated heterocycles. The first kappa shape index (κ1) is 99.3. The number of rotatable bonds is 0. The smallest absolute Gasteiger partial charge is 0.291 e. The molecule has 0 fully saturated rings. The van der Waals surface area contributed by atoms with Gasteiger partial charge in [-0.25, -0.2) is 0 Å². The fourth-order valence-electron chi connectivity index (χ4n) is 0. The third kappa shape index (κ3) is 920. The molecular formula is CH19CoN6O7-. The van der Waals surface area contributed by atoms with Crippen molar-refractivity contribution in [2.45, 2.75) is 0 Å². The summed E-state index contributed by atoms with van der Waals surface area (Å²) in [7, 11) is 0. The number of hydrogen-bond donors (Lipinski definition) is 7. The molecule has 13 nitrogen and oxygen atoms in total. The Hall–Kier alpha value is -1.26. The molecule has 0 spiro atoms. The molecule has 1 radical (unpaired) electrons. The molecule has 15 heavy (non-hydrogen) atoms. The van der Waals surface area contributed by atoms with Crippen LogP contribution in [-0.4, -0.2) is 27.0 Å². The molecule has 105 valence electrons. The summed E-state index contributed by atoms with van der Waals surface area (Å²) in [4.78, 5) is 16.8. The van der Waals surface area contributed by atoms with E-state index in [1.807, 2.05) is 0 Å². The molecule has 0 aromatic rings. The van der Waals surface area contributed by atoms with E-state index in [9.17, 15) is 0 Å². The van der Waals surface area contributed by atoms with Gasteiger partial charge in [-0.1, -0.05) is 0 Å². The first-order valence-electron chi connectivity index (χ1n) is 1.20. The summed E-state index contributed by atoms with van der Waals surface area (Å²) in [5.41, 5.74) is 0. The average molecular weight is 286 g/mol. The van der Waals surface area contributed by atoms with Gasteiger partial charge in [0, 0.05) is 16.8 Å². The Bertz CT molecular complexity index is 81.5. The second-order valence-electron chi connectivity index (χ2n) is 0.504. The molecular weight excluding hydrogens is 267 g/mol. The minimum atomic E-state index is -2.08. The summed E-state index contributed by atoms with van der Waals surface area (Å²) in [5, 5.41) is 28.9. The fraction of sp³-hybridized carbons (Fsp3) is 0. The quantitative estimate of drug-likeness (QED) is 0.198. The third-order valence-corrected chi connectivity index (χ3v) is 0. The van der Waals surface area contributed by atoms with Gasteiger partial charge >= 0.3 is 0 Å². The molecule has 0 rings (SSSR count). The molecule has 0 aliphatic heterocycles. The zero-order chi connectivity index (χ0) is 7.15. The van der Waals surface area contributed by atoms with Gasteiger partial charge < -0.3 is 56.4 Å². The van der Waals surface area contributed by atoms with E-state index < -0.39 is 11.2 Å². The van der Waals surface area contributed by atoms with Gasteiger partial charge in [0.2, 0.25) is 6.16 Å². The Kier molecular flexibility index (Phi) is 518. The van der Waals surface area contributed by atoms with Gasteiger partial charge in [-0.05, 0) is 0 Å². The number of hydrogen-bond acceptors (Lipinski definition) is 9. The monoisotopic (exact) mass is 286 g/mol. The summed E-state index contributed by atoms with van der Waals surface area (Å²) in [6, 6.07) is 0. The van der Waals surface area contributed by atoms with Crippen molar-refractivity contribution in [3.8, 4) is 0 Å². The Morgan fingerprint density at radius 1 is 1.07 bits per heavy atom. The first-order chi connectivity index (χ1) is 3.46. The van der Waals surface area contributed by atoms with Crippen molar-refractivity contribution in [2.75, 3.05) is 0 Å². The molecule has 0 aliphatic rings. The van der Waals surface area contributed by atoms with Crippen molar-refractivity contribution >= 4 is 6.16 Å². The number of nitrogens with zero attached hydrogens (tertiary/aromatic N) is 1. The zero-order valence-corrected chi connectivity index (χ0v) is 8.88. The summed E-state index contributed by atoms with van der Waals surface area (Å²) in [6.45, 7) is 0. The van der Waals surface area contributed by atoms with Crippen LogP contribution in [0.1, 0.15) is 0 Å². The number of carboxylic acid groups (broad SMARTS) is 2. The maximum atomic E-state index is 8.44. The molecule has 0 amide bonds. The SMILES string of the molecule is N.N.N.N.N.O.O=C([O-])O.O=[N+]([O-])O.[Co]. The molecule has 0 heterocycles. The van der Waals surface area contributed by atoms with Gasteiger partial charge in [-0.3, -0.25) is 0 Å². The van der Waals surface area contributed by atoms with E-state index in [0.29, 0.717) is 0 Å². The third-order valence-electron chi connectivity index (χ3n) is 0. The van der Waals surface area contributed by atoms with Crippen LogP contribution in [-0.2, 0) is 16.8 Å². The van der Waals surface area contributed by atoms with E-state index in [4.69, 9.17) is 30.3 Å². The van der Waals surface area contributed by atoms with E-state index in [0.717, 1.165) is 0 Å². The standard InChI is InChI=1S/CH2O3.Co.HNO3.5H3N.H2O/c2-1(3)4;;2-1(3)4;;;;;;/h(H2,2,3,4);;(H,2,3,4);5*1H3;1H2/p-1. The molecule has 0 aliphatic carbocycles. The van der Waals surface area contributed by atoms with Crippen LogP contribution in [0.5, 0.6) is 0 Å². The summed E-state index contributed by atoms with van der Waals surface area (Å²) in [6.07, 6.45) is -2.08. The second kappa shape index (κ2) is 78.2.